The van der Waals surface area contributed by atoms with Gasteiger partial charge in [-0.2, -0.15) is 4.98 Å². The van der Waals surface area contributed by atoms with Gasteiger partial charge in [-0.3, -0.25) is 0 Å². The molecule has 5 heteroatoms. The van der Waals surface area contributed by atoms with Crippen molar-refractivity contribution in [1.82, 2.24) is 10.1 Å². The lowest BCUT2D eigenvalue weighted by molar-refractivity contribution is -0.0891. The van der Waals surface area contributed by atoms with Crippen LogP contribution in [0.4, 0.5) is 0 Å². The topological polar surface area (TPSA) is 74.2 Å². The molecule has 3 atom stereocenters. The number of ether oxygens (including phenoxy) is 1. The molecule has 0 radical (unpaired) electrons. The summed E-state index contributed by atoms with van der Waals surface area (Å²) in [6.45, 7) is 9.23. The summed E-state index contributed by atoms with van der Waals surface area (Å²) >= 11 is 0. The molecular formula is C16H29N3O2. The van der Waals surface area contributed by atoms with Crippen LogP contribution >= 0.6 is 0 Å². The number of hydrogen-bond donors (Lipinski definition) is 1. The van der Waals surface area contributed by atoms with Gasteiger partial charge in [0.2, 0.25) is 11.7 Å². The van der Waals surface area contributed by atoms with Crippen LogP contribution in [0, 0.1) is 11.8 Å². The van der Waals surface area contributed by atoms with E-state index in [1.54, 1.807) is 0 Å². The molecule has 5 nitrogen and oxygen atoms in total. The van der Waals surface area contributed by atoms with Gasteiger partial charge in [0.15, 0.2) is 0 Å². The zero-order valence-electron chi connectivity index (χ0n) is 13.8. The molecule has 2 rings (SSSR count). The monoisotopic (exact) mass is 295 g/mol. The standard InChI is InChI=1S/C16H29N3O2/c1-5-20-16(8-6-7-12(4)10-16)15-18-14(21-19-15)13(17)9-11(2)3/h11-13H,5-10,17H2,1-4H3/t12?,13-,16?/m0/s1. The van der Waals surface area contributed by atoms with Gasteiger partial charge in [-0.15, -0.1) is 0 Å². The van der Waals surface area contributed by atoms with E-state index in [1.807, 2.05) is 6.92 Å². The second-order valence-corrected chi connectivity index (χ2v) is 6.82. The number of rotatable bonds is 6. The second-order valence-electron chi connectivity index (χ2n) is 6.82. The third kappa shape index (κ3) is 3.83. The van der Waals surface area contributed by atoms with Gasteiger partial charge in [-0.05, 0) is 44.4 Å². The molecule has 21 heavy (non-hydrogen) atoms. The Morgan fingerprint density at radius 1 is 1.48 bits per heavy atom. The van der Waals surface area contributed by atoms with E-state index in [4.69, 9.17) is 15.0 Å². The van der Waals surface area contributed by atoms with Crippen LogP contribution in [0.2, 0.25) is 0 Å². The largest absolute Gasteiger partial charge is 0.367 e. The van der Waals surface area contributed by atoms with Gasteiger partial charge in [-0.1, -0.05) is 32.3 Å². The molecule has 0 spiro atoms. The molecule has 1 aliphatic carbocycles. The van der Waals surface area contributed by atoms with Crippen molar-refractivity contribution in [3.8, 4) is 0 Å². The van der Waals surface area contributed by atoms with E-state index in [0.29, 0.717) is 30.2 Å². The highest BCUT2D eigenvalue weighted by Crippen LogP contribution is 2.41. The summed E-state index contributed by atoms with van der Waals surface area (Å²) in [7, 11) is 0. The van der Waals surface area contributed by atoms with Gasteiger partial charge in [0.05, 0.1) is 6.04 Å². The third-order valence-corrected chi connectivity index (χ3v) is 4.27. The van der Waals surface area contributed by atoms with E-state index < -0.39 is 0 Å². The summed E-state index contributed by atoms with van der Waals surface area (Å²) in [5.41, 5.74) is 5.76. The van der Waals surface area contributed by atoms with Gasteiger partial charge in [0, 0.05) is 6.61 Å². The van der Waals surface area contributed by atoms with Crippen molar-refractivity contribution < 1.29 is 9.26 Å². The molecule has 0 saturated heterocycles. The molecule has 1 aromatic heterocycles. The number of hydrogen-bond acceptors (Lipinski definition) is 5. The minimum Gasteiger partial charge on any atom is -0.367 e. The summed E-state index contributed by atoms with van der Waals surface area (Å²) in [4.78, 5) is 4.58. The van der Waals surface area contributed by atoms with Crippen molar-refractivity contribution in [2.24, 2.45) is 17.6 Å². The maximum atomic E-state index is 6.15. The average Bonchev–Trinajstić information content (AvgIpc) is 2.88. The third-order valence-electron chi connectivity index (χ3n) is 4.27. The smallest absolute Gasteiger partial charge is 0.243 e. The van der Waals surface area contributed by atoms with Crippen molar-refractivity contribution in [1.29, 1.82) is 0 Å². The van der Waals surface area contributed by atoms with Crippen LogP contribution in [0.15, 0.2) is 4.52 Å². The Kier molecular flexibility index (Phi) is 5.38. The van der Waals surface area contributed by atoms with Gasteiger partial charge < -0.3 is 15.0 Å². The minimum absolute atomic E-state index is 0.189. The van der Waals surface area contributed by atoms with E-state index in [-0.39, 0.29) is 11.6 Å². The zero-order chi connectivity index (χ0) is 15.5. The van der Waals surface area contributed by atoms with Gasteiger partial charge in [0.25, 0.3) is 0 Å². The second kappa shape index (κ2) is 6.88. The van der Waals surface area contributed by atoms with Gasteiger partial charge in [-0.25, -0.2) is 0 Å². The van der Waals surface area contributed by atoms with E-state index >= 15 is 0 Å². The molecule has 1 heterocycles. The fraction of sp³-hybridized carbons (Fsp3) is 0.875. The number of nitrogens with zero attached hydrogens (tertiary/aromatic N) is 2. The molecule has 0 bridgehead atoms. The molecule has 0 aliphatic heterocycles. The molecule has 2 N–H and O–H groups in total. The first kappa shape index (κ1) is 16.4. The molecule has 1 fully saturated rings. The molecular weight excluding hydrogens is 266 g/mol. The SMILES string of the molecule is CCOC1(c2noc([C@@H](N)CC(C)C)n2)CCCC(C)C1. The highest BCUT2D eigenvalue weighted by Gasteiger charge is 2.41. The summed E-state index contributed by atoms with van der Waals surface area (Å²) in [6.07, 6.45) is 5.15. The maximum absolute atomic E-state index is 6.15. The van der Waals surface area contributed by atoms with Crippen LogP contribution in [-0.4, -0.2) is 16.7 Å². The van der Waals surface area contributed by atoms with Crippen LogP contribution < -0.4 is 5.73 Å². The summed E-state index contributed by atoms with van der Waals surface area (Å²) in [5, 5.41) is 4.20. The molecule has 1 aromatic rings. The van der Waals surface area contributed by atoms with Crippen LogP contribution in [-0.2, 0) is 10.3 Å². The first-order chi connectivity index (χ1) is 9.97. The molecule has 0 aromatic carbocycles. The minimum atomic E-state index is -0.383. The summed E-state index contributed by atoms with van der Waals surface area (Å²) < 4.78 is 11.5. The van der Waals surface area contributed by atoms with Crippen LogP contribution in [0.1, 0.15) is 77.6 Å². The van der Waals surface area contributed by atoms with Crippen molar-refractivity contribution >= 4 is 0 Å². The molecule has 1 saturated carbocycles. The Balaban J connectivity index is 2.19. The highest BCUT2D eigenvalue weighted by molar-refractivity contribution is 5.05. The predicted molar refractivity (Wildman–Crippen MR) is 81.6 cm³/mol. The fourth-order valence-corrected chi connectivity index (χ4v) is 3.36. The highest BCUT2D eigenvalue weighted by atomic mass is 16.5. The fourth-order valence-electron chi connectivity index (χ4n) is 3.36. The van der Waals surface area contributed by atoms with E-state index in [9.17, 15) is 0 Å². The van der Waals surface area contributed by atoms with Crippen molar-refractivity contribution in [3.05, 3.63) is 11.7 Å². The molecule has 120 valence electrons. The summed E-state index contributed by atoms with van der Waals surface area (Å²) in [6, 6.07) is -0.189. The quantitative estimate of drug-likeness (QED) is 0.868. The molecule has 0 amide bonds. The van der Waals surface area contributed by atoms with Crippen LogP contribution in [0.25, 0.3) is 0 Å². The normalized spacial score (nSPS) is 28.0. The van der Waals surface area contributed by atoms with E-state index in [0.717, 1.165) is 25.7 Å². The Morgan fingerprint density at radius 3 is 2.86 bits per heavy atom. The zero-order valence-corrected chi connectivity index (χ0v) is 13.8. The van der Waals surface area contributed by atoms with Crippen molar-refractivity contribution in [2.75, 3.05) is 6.61 Å². The summed E-state index contributed by atoms with van der Waals surface area (Å²) in [5.74, 6) is 2.35. The molecule has 1 aliphatic rings. The first-order valence-corrected chi connectivity index (χ1v) is 8.20. The first-order valence-electron chi connectivity index (χ1n) is 8.20. The van der Waals surface area contributed by atoms with E-state index in [2.05, 4.69) is 30.9 Å². The Bertz CT molecular complexity index is 442. The van der Waals surface area contributed by atoms with Crippen LogP contribution in [0.3, 0.4) is 0 Å². The number of nitrogens with two attached hydrogens (primary N) is 1. The van der Waals surface area contributed by atoms with E-state index in [1.165, 1.54) is 6.42 Å². The van der Waals surface area contributed by atoms with Crippen LogP contribution in [0.5, 0.6) is 0 Å². The van der Waals surface area contributed by atoms with Gasteiger partial charge >= 0.3 is 0 Å². The van der Waals surface area contributed by atoms with Gasteiger partial charge in [0.1, 0.15) is 5.60 Å². The maximum Gasteiger partial charge on any atom is 0.243 e. The lowest BCUT2D eigenvalue weighted by Crippen LogP contribution is -2.36. The number of aromatic nitrogens is 2. The lowest BCUT2D eigenvalue weighted by atomic mass is 9.78. The van der Waals surface area contributed by atoms with Crippen molar-refractivity contribution in [2.45, 2.75) is 71.4 Å². The Hall–Kier alpha value is -0.940. The molecule has 2 unspecified atom stereocenters. The average molecular weight is 295 g/mol. The lowest BCUT2D eigenvalue weighted by Gasteiger charge is -2.37. The Morgan fingerprint density at radius 2 is 2.24 bits per heavy atom. The van der Waals surface area contributed by atoms with Crippen molar-refractivity contribution in [3.63, 3.8) is 0 Å². The Labute approximate surface area is 127 Å². The predicted octanol–water partition coefficient (Wildman–Crippen LogP) is 3.56.